The summed E-state index contributed by atoms with van der Waals surface area (Å²) in [5.41, 5.74) is 1.61. The predicted molar refractivity (Wildman–Crippen MR) is 112 cm³/mol. The van der Waals surface area contributed by atoms with E-state index in [1.54, 1.807) is 6.20 Å². The van der Waals surface area contributed by atoms with Crippen LogP contribution in [0.1, 0.15) is 16.1 Å². The number of hydrogen-bond donors (Lipinski definition) is 2. The molecule has 28 heavy (non-hydrogen) atoms. The fourth-order valence-electron chi connectivity index (χ4n) is 2.36. The molecule has 6 nitrogen and oxygen atoms in total. The van der Waals surface area contributed by atoms with E-state index in [1.807, 2.05) is 18.2 Å². The van der Waals surface area contributed by atoms with E-state index in [-0.39, 0.29) is 19.5 Å². The molecule has 3 aromatic rings. The Morgan fingerprint density at radius 3 is 2.46 bits per heavy atom. The predicted octanol–water partition coefficient (Wildman–Crippen LogP) is 4.22. The van der Waals surface area contributed by atoms with Gasteiger partial charge < -0.3 is 5.32 Å². The average Bonchev–Trinajstić information content (AvgIpc) is 3.02. The Bertz CT molecular complexity index is 1070. The van der Waals surface area contributed by atoms with Gasteiger partial charge in [0, 0.05) is 36.1 Å². The number of amides is 1. The lowest BCUT2D eigenvalue weighted by molar-refractivity contribution is 0.0954. The van der Waals surface area contributed by atoms with E-state index in [2.05, 4.69) is 15.0 Å². The number of halogens is 2. The number of rotatable bonds is 7. The largest absolute Gasteiger partial charge is 0.352 e. The van der Waals surface area contributed by atoms with Crippen LogP contribution in [0.5, 0.6) is 0 Å². The topological polar surface area (TPSA) is 88.2 Å². The van der Waals surface area contributed by atoms with Crippen molar-refractivity contribution in [3.63, 3.8) is 0 Å². The zero-order valence-corrected chi connectivity index (χ0v) is 17.5. The summed E-state index contributed by atoms with van der Waals surface area (Å²) in [6.45, 7) is 0.446. The highest BCUT2D eigenvalue weighted by atomic mass is 35.5. The maximum atomic E-state index is 12.4. The third-order valence-corrected chi connectivity index (χ3v) is 6.84. The molecule has 2 N–H and O–H groups in total. The molecule has 0 aliphatic carbocycles. The molecule has 1 amide bonds. The molecular formula is C18H15Cl2N3O3S2. The van der Waals surface area contributed by atoms with Crippen molar-refractivity contribution in [3.05, 3.63) is 74.7 Å². The van der Waals surface area contributed by atoms with Crippen LogP contribution in [0, 0.1) is 0 Å². The van der Waals surface area contributed by atoms with E-state index >= 15 is 0 Å². The molecule has 0 spiro atoms. The molecule has 2 heterocycles. The van der Waals surface area contributed by atoms with Crippen LogP contribution in [-0.4, -0.2) is 25.9 Å². The van der Waals surface area contributed by atoms with Crippen LogP contribution in [0.4, 0.5) is 5.69 Å². The lowest BCUT2D eigenvalue weighted by Crippen LogP contribution is -2.25. The van der Waals surface area contributed by atoms with Gasteiger partial charge in [-0.3, -0.25) is 14.5 Å². The standard InChI is InChI=1S/C18H15Cl2N3O3S2/c19-16-11-15(17(20)27-16)28(25,26)23-14-6-4-12(5-7-14)18(24)22-10-8-13-3-1-2-9-21-13/h1-7,9,11,23H,8,10H2,(H,22,24). The quantitative estimate of drug-likeness (QED) is 0.557. The van der Waals surface area contributed by atoms with Crippen molar-refractivity contribution in [2.75, 3.05) is 11.3 Å². The van der Waals surface area contributed by atoms with Gasteiger partial charge in [0.25, 0.3) is 15.9 Å². The van der Waals surface area contributed by atoms with E-state index in [9.17, 15) is 13.2 Å². The lowest BCUT2D eigenvalue weighted by Gasteiger charge is -2.09. The van der Waals surface area contributed by atoms with E-state index in [1.165, 1.54) is 30.3 Å². The highest BCUT2D eigenvalue weighted by Gasteiger charge is 2.21. The van der Waals surface area contributed by atoms with Gasteiger partial charge in [0.05, 0.1) is 4.34 Å². The minimum absolute atomic E-state index is 0.0829. The normalized spacial score (nSPS) is 11.2. The zero-order valence-electron chi connectivity index (χ0n) is 14.4. The average molecular weight is 456 g/mol. The first-order valence-corrected chi connectivity index (χ1v) is 11.2. The number of anilines is 1. The second-order valence-corrected chi connectivity index (χ2v) is 9.63. The number of nitrogens with one attached hydrogen (secondary N) is 2. The first-order valence-electron chi connectivity index (χ1n) is 8.11. The minimum Gasteiger partial charge on any atom is -0.352 e. The Hall–Kier alpha value is -2.13. The smallest absolute Gasteiger partial charge is 0.264 e. The van der Waals surface area contributed by atoms with Crippen molar-refractivity contribution in [1.29, 1.82) is 0 Å². The highest BCUT2D eigenvalue weighted by molar-refractivity contribution is 7.93. The number of pyridine rings is 1. The molecule has 1 aromatic carbocycles. The molecule has 0 radical (unpaired) electrons. The van der Waals surface area contributed by atoms with Gasteiger partial charge >= 0.3 is 0 Å². The number of carbonyl (C=O) groups is 1. The number of carbonyl (C=O) groups excluding carboxylic acids is 1. The summed E-state index contributed by atoms with van der Waals surface area (Å²) < 4.78 is 27.6. The zero-order chi connectivity index (χ0) is 20.1. The van der Waals surface area contributed by atoms with E-state index in [0.29, 0.717) is 24.2 Å². The number of benzene rings is 1. The van der Waals surface area contributed by atoms with Gasteiger partial charge in [0.2, 0.25) is 0 Å². The Morgan fingerprint density at radius 1 is 1.11 bits per heavy atom. The molecule has 146 valence electrons. The highest BCUT2D eigenvalue weighted by Crippen LogP contribution is 2.35. The minimum atomic E-state index is -3.86. The number of thiophene rings is 1. The van der Waals surface area contributed by atoms with Gasteiger partial charge in [0.15, 0.2) is 0 Å². The summed E-state index contributed by atoms with van der Waals surface area (Å²) >= 11 is 12.7. The molecule has 3 rings (SSSR count). The molecule has 2 aromatic heterocycles. The summed E-state index contributed by atoms with van der Waals surface area (Å²) in [6.07, 6.45) is 2.32. The van der Waals surface area contributed by atoms with Crippen molar-refractivity contribution in [2.24, 2.45) is 0 Å². The van der Waals surface area contributed by atoms with Crippen molar-refractivity contribution < 1.29 is 13.2 Å². The molecular weight excluding hydrogens is 441 g/mol. The Morgan fingerprint density at radius 2 is 1.86 bits per heavy atom. The Labute approximate surface area is 176 Å². The SMILES string of the molecule is O=C(NCCc1ccccn1)c1ccc(NS(=O)(=O)c2cc(Cl)sc2Cl)cc1. The summed E-state index contributed by atoms with van der Waals surface area (Å²) in [4.78, 5) is 16.3. The van der Waals surface area contributed by atoms with Crippen LogP contribution in [-0.2, 0) is 16.4 Å². The van der Waals surface area contributed by atoms with Gasteiger partial charge in [0.1, 0.15) is 9.23 Å². The van der Waals surface area contributed by atoms with Crippen LogP contribution < -0.4 is 10.0 Å². The fraction of sp³-hybridized carbons (Fsp3) is 0.111. The second kappa shape index (κ2) is 8.91. The third-order valence-electron chi connectivity index (χ3n) is 3.71. The van der Waals surface area contributed by atoms with Crippen LogP contribution >= 0.6 is 34.5 Å². The van der Waals surface area contributed by atoms with E-state index in [0.717, 1.165) is 17.0 Å². The van der Waals surface area contributed by atoms with Gasteiger partial charge in [-0.1, -0.05) is 29.3 Å². The number of aromatic nitrogens is 1. The van der Waals surface area contributed by atoms with Gasteiger partial charge in [-0.2, -0.15) is 0 Å². The number of nitrogens with zero attached hydrogens (tertiary/aromatic N) is 1. The first kappa shape index (κ1) is 20.6. The van der Waals surface area contributed by atoms with Crippen molar-refractivity contribution in [1.82, 2.24) is 10.3 Å². The number of sulfonamides is 1. The van der Waals surface area contributed by atoms with Gasteiger partial charge in [-0.15, -0.1) is 11.3 Å². The monoisotopic (exact) mass is 455 g/mol. The molecule has 0 saturated carbocycles. The first-order chi connectivity index (χ1) is 13.3. The maximum Gasteiger partial charge on any atom is 0.264 e. The van der Waals surface area contributed by atoms with Gasteiger partial charge in [-0.05, 0) is 42.5 Å². The molecule has 0 unspecified atom stereocenters. The van der Waals surface area contributed by atoms with Crippen molar-refractivity contribution >= 4 is 56.2 Å². The molecule has 0 bridgehead atoms. The van der Waals surface area contributed by atoms with Gasteiger partial charge in [-0.25, -0.2) is 8.42 Å². The molecule has 0 saturated heterocycles. The summed E-state index contributed by atoms with van der Waals surface area (Å²) in [6, 6.07) is 13.0. The van der Waals surface area contributed by atoms with Crippen LogP contribution in [0.15, 0.2) is 59.6 Å². The summed E-state index contributed by atoms with van der Waals surface area (Å²) in [5, 5.41) is 2.80. The Balaban J connectivity index is 1.60. The van der Waals surface area contributed by atoms with Crippen molar-refractivity contribution in [2.45, 2.75) is 11.3 Å². The van der Waals surface area contributed by atoms with E-state index in [4.69, 9.17) is 23.2 Å². The fourth-order valence-corrected chi connectivity index (χ4v) is 5.57. The van der Waals surface area contributed by atoms with E-state index < -0.39 is 10.0 Å². The maximum absolute atomic E-state index is 12.4. The number of hydrogen-bond acceptors (Lipinski definition) is 5. The van der Waals surface area contributed by atoms with Crippen LogP contribution in [0.3, 0.4) is 0 Å². The molecule has 0 atom stereocenters. The molecule has 10 heteroatoms. The Kier molecular flexibility index (Phi) is 6.56. The van der Waals surface area contributed by atoms with Crippen molar-refractivity contribution in [3.8, 4) is 0 Å². The van der Waals surface area contributed by atoms with Crippen LogP contribution in [0.2, 0.25) is 8.67 Å². The summed E-state index contributed by atoms with van der Waals surface area (Å²) in [7, 11) is -3.86. The molecule has 0 aliphatic heterocycles. The summed E-state index contributed by atoms with van der Waals surface area (Å²) in [5.74, 6) is -0.252. The third kappa shape index (κ3) is 5.23. The molecule has 0 aliphatic rings. The second-order valence-electron chi connectivity index (χ2n) is 5.70. The lowest BCUT2D eigenvalue weighted by atomic mass is 10.2. The van der Waals surface area contributed by atoms with Crippen LogP contribution in [0.25, 0.3) is 0 Å². The molecule has 0 fully saturated rings.